The van der Waals surface area contributed by atoms with E-state index in [-0.39, 0.29) is 0 Å². The molecule has 0 aliphatic carbocycles. The summed E-state index contributed by atoms with van der Waals surface area (Å²) in [6.07, 6.45) is 0.848. The van der Waals surface area contributed by atoms with Crippen LogP contribution in [0.15, 0.2) is 28.8 Å². The summed E-state index contributed by atoms with van der Waals surface area (Å²) in [5, 5.41) is 12.9. The van der Waals surface area contributed by atoms with Crippen molar-refractivity contribution in [2.75, 3.05) is 0 Å². The van der Waals surface area contributed by atoms with E-state index in [0.717, 1.165) is 5.56 Å². The summed E-state index contributed by atoms with van der Waals surface area (Å²) in [6, 6.07) is 9.24. The molecule has 0 unspecified atom stereocenters. The number of halogens is 1. The van der Waals surface area contributed by atoms with Gasteiger partial charge in [0.05, 0.1) is 6.07 Å². The maximum absolute atomic E-state index is 8.43. The monoisotopic (exact) mass is 233 g/mol. The summed E-state index contributed by atoms with van der Waals surface area (Å²) in [7, 11) is 0. The van der Waals surface area contributed by atoms with Crippen LogP contribution >= 0.6 is 11.6 Å². The van der Waals surface area contributed by atoms with Crippen LogP contribution in [0.2, 0.25) is 5.02 Å². The van der Waals surface area contributed by atoms with Crippen molar-refractivity contribution in [3.63, 3.8) is 0 Å². The van der Waals surface area contributed by atoms with Gasteiger partial charge in [-0.25, -0.2) is 0 Å². The largest absolute Gasteiger partial charge is 0.339 e. The molecule has 1 aromatic carbocycles. The van der Waals surface area contributed by atoms with Gasteiger partial charge < -0.3 is 4.52 Å². The third kappa shape index (κ3) is 2.38. The lowest BCUT2D eigenvalue weighted by Crippen LogP contribution is -1.84. The van der Waals surface area contributed by atoms with E-state index < -0.39 is 0 Å². The van der Waals surface area contributed by atoms with E-state index in [9.17, 15) is 0 Å². The smallest absolute Gasteiger partial charge is 0.227 e. The fourth-order valence-corrected chi connectivity index (χ4v) is 1.45. The second-order valence-corrected chi connectivity index (χ2v) is 3.62. The Morgan fingerprint density at radius 2 is 2.31 bits per heavy atom. The van der Waals surface area contributed by atoms with Crippen LogP contribution in [-0.4, -0.2) is 10.1 Å². The zero-order valence-corrected chi connectivity index (χ0v) is 9.11. The molecule has 2 aromatic rings. The minimum absolute atomic E-state index is 0.372. The topological polar surface area (TPSA) is 62.7 Å². The number of benzene rings is 1. The van der Waals surface area contributed by atoms with Crippen LogP contribution in [0.4, 0.5) is 0 Å². The number of aryl methyl sites for hydroxylation is 1. The van der Waals surface area contributed by atoms with Crippen molar-refractivity contribution in [3.8, 4) is 17.5 Å². The van der Waals surface area contributed by atoms with Crippen molar-refractivity contribution in [3.05, 3.63) is 35.2 Å². The molecule has 4 nitrogen and oxygen atoms in total. The van der Waals surface area contributed by atoms with Gasteiger partial charge in [-0.05, 0) is 12.1 Å². The van der Waals surface area contributed by atoms with Crippen molar-refractivity contribution in [2.45, 2.75) is 12.8 Å². The Bertz CT molecular complexity index is 530. The molecule has 0 spiro atoms. The Morgan fingerprint density at radius 1 is 1.44 bits per heavy atom. The molecule has 2 rings (SSSR count). The molecule has 80 valence electrons. The molecular weight excluding hydrogens is 226 g/mol. The second kappa shape index (κ2) is 4.77. The van der Waals surface area contributed by atoms with Crippen LogP contribution in [0.25, 0.3) is 11.4 Å². The van der Waals surface area contributed by atoms with Gasteiger partial charge in [0.25, 0.3) is 0 Å². The normalized spacial score (nSPS) is 10.0. The predicted octanol–water partition coefficient (Wildman–Crippen LogP) is 2.85. The van der Waals surface area contributed by atoms with Crippen molar-refractivity contribution in [1.29, 1.82) is 5.26 Å². The highest BCUT2D eigenvalue weighted by Gasteiger charge is 2.08. The number of rotatable bonds is 3. The molecule has 1 heterocycles. The highest BCUT2D eigenvalue weighted by Crippen LogP contribution is 2.20. The average Bonchev–Trinajstić information content (AvgIpc) is 2.75. The summed E-state index contributed by atoms with van der Waals surface area (Å²) in [5.74, 6) is 0.965. The van der Waals surface area contributed by atoms with Gasteiger partial charge in [0.1, 0.15) is 0 Å². The van der Waals surface area contributed by atoms with Crippen LogP contribution < -0.4 is 0 Å². The third-order valence-electron chi connectivity index (χ3n) is 2.00. The molecule has 5 heteroatoms. The Morgan fingerprint density at radius 3 is 3.06 bits per heavy atom. The first kappa shape index (κ1) is 10.7. The molecule has 0 aliphatic rings. The molecule has 1 aromatic heterocycles. The summed E-state index contributed by atoms with van der Waals surface area (Å²) >= 11 is 5.86. The zero-order valence-electron chi connectivity index (χ0n) is 8.35. The summed E-state index contributed by atoms with van der Waals surface area (Å²) in [6.45, 7) is 0. The van der Waals surface area contributed by atoms with E-state index in [1.165, 1.54) is 0 Å². The van der Waals surface area contributed by atoms with Crippen molar-refractivity contribution in [2.24, 2.45) is 0 Å². The van der Waals surface area contributed by atoms with Gasteiger partial charge in [0, 0.05) is 23.4 Å². The number of nitriles is 1. The number of aromatic nitrogens is 2. The first-order chi connectivity index (χ1) is 7.79. The number of hydrogen-bond acceptors (Lipinski definition) is 4. The standard InChI is InChI=1S/C11H8ClN3O/c12-9-4-1-3-8(7-9)11-14-10(16-15-11)5-2-6-13/h1,3-4,7H,2,5H2. The molecule has 0 radical (unpaired) electrons. The van der Waals surface area contributed by atoms with Gasteiger partial charge in [0.15, 0.2) is 0 Å². The summed E-state index contributed by atoms with van der Waals surface area (Å²) in [5.41, 5.74) is 0.805. The highest BCUT2D eigenvalue weighted by atomic mass is 35.5. The van der Waals surface area contributed by atoms with E-state index in [2.05, 4.69) is 10.1 Å². The van der Waals surface area contributed by atoms with Crippen molar-refractivity contribution >= 4 is 11.6 Å². The highest BCUT2D eigenvalue weighted by molar-refractivity contribution is 6.30. The Labute approximate surface area is 97.5 Å². The molecule has 0 bridgehead atoms. The minimum Gasteiger partial charge on any atom is -0.339 e. The van der Waals surface area contributed by atoms with Gasteiger partial charge in [-0.3, -0.25) is 0 Å². The SMILES string of the molecule is N#CCCc1nc(-c2cccc(Cl)c2)no1. The Hall–Kier alpha value is -1.86. The average molecular weight is 234 g/mol. The van der Waals surface area contributed by atoms with Crippen LogP contribution in [0.5, 0.6) is 0 Å². The van der Waals surface area contributed by atoms with Crippen molar-refractivity contribution in [1.82, 2.24) is 10.1 Å². The molecule has 0 aliphatic heterocycles. The molecular formula is C11H8ClN3O. The van der Waals surface area contributed by atoms with Crippen LogP contribution in [-0.2, 0) is 6.42 Å². The van der Waals surface area contributed by atoms with Gasteiger partial charge in [-0.2, -0.15) is 10.2 Å². The first-order valence-corrected chi connectivity index (χ1v) is 5.13. The van der Waals surface area contributed by atoms with E-state index in [1.807, 2.05) is 18.2 Å². The quantitative estimate of drug-likeness (QED) is 0.818. The molecule has 16 heavy (non-hydrogen) atoms. The fourth-order valence-electron chi connectivity index (χ4n) is 1.26. The lowest BCUT2D eigenvalue weighted by atomic mass is 10.2. The molecule has 0 fully saturated rings. The van der Waals surface area contributed by atoms with Crippen LogP contribution in [0.3, 0.4) is 0 Å². The van der Waals surface area contributed by atoms with E-state index >= 15 is 0 Å². The van der Waals surface area contributed by atoms with Crippen LogP contribution in [0, 0.1) is 11.3 Å². The van der Waals surface area contributed by atoms with Gasteiger partial charge in [-0.1, -0.05) is 28.9 Å². The van der Waals surface area contributed by atoms with Crippen molar-refractivity contribution < 1.29 is 4.52 Å². The minimum atomic E-state index is 0.372. The lowest BCUT2D eigenvalue weighted by Gasteiger charge is -1.93. The Kier molecular flexibility index (Phi) is 3.18. The van der Waals surface area contributed by atoms with E-state index in [0.29, 0.717) is 29.6 Å². The zero-order chi connectivity index (χ0) is 11.4. The fraction of sp³-hybridized carbons (Fsp3) is 0.182. The Balaban J connectivity index is 2.22. The second-order valence-electron chi connectivity index (χ2n) is 3.18. The van der Waals surface area contributed by atoms with Gasteiger partial charge >= 0.3 is 0 Å². The first-order valence-electron chi connectivity index (χ1n) is 4.75. The van der Waals surface area contributed by atoms with E-state index in [4.69, 9.17) is 21.4 Å². The maximum atomic E-state index is 8.43. The molecule has 0 saturated heterocycles. The summed E-state index contributed by atoms with van der Waals surface area (Å²) in [4.78, 5) is 4.17. The summed E-state index contributed by atoms with van der Waals surface area (Å²) < 4.78 is 5.01. The third-order valence-corrected chi connectivity index (χ3v) is 2.24. The predicted molar refractivity (Wildman–Crippen MR) is 58.7 cm³/mol. The maximum Gasteiger partial charge on any atom is 0.227 e. The number of hydrogen-bond donors (Lipinski definition) is 0. The number of nitrogens with zero attached hydrogens (tertiary/aromatic N) is 3. The lowest BCUT2D eigenvalue weighted by molar-refractivity contribution is 0.380. The molecule has 0 amide bonds. The van der Waals surface area contributed by atoms with Gasteiger partial charge in [-0.15, -0.1) is 0 Å². The van der Waals surface area contributed by atoms with Gasteiger partial charge in [0.2, 0.25) is 11.7 Å². The molecule has 0 saturated carbocycles. The van der Waals surface area contributed by atoms with Crippen LogP contribution in [0.1, 0.15) is 12.3 Å². The molecule has 0 N–H and O–H groups in total. The molecule has 0 atom stereocenters. The van der Waals surface area contributed by atoms with E-state index in [1.54, 1.807) is 12.1 Å².